The van der Waals surface area contributed by atoms with Crippen molar-refractivity contribution in [2.75, 3.05) is 13.1 Å². The number of carbonyl (C=O) groups excluding carboxylic acids is 4. The van der Waals surface area contributed by atoms with Gasteiger partial charge >= 0.3 is 6.03 Å². The number of urea groups is 1. The molecule has 10 heteroatoms. The molecular formula is C24H33N5O5. The van der Waals surface area contributed by atoms with Crippen LogP contribution >= 0.6 is 0 Å². The first-order valence-corrected chi connectivity index (χ1v) is 11.6. The van der Waals surface area contributed by atoms with Crippen LogP contribution in [-0.2, 0) is 20.8 Å². The molecular weight excluding hydrogens is 438 g/mol. The van der Waals surface area contributed by atoms with E-state index in [2.05, 4.69) is 10.6 Å². The number of allylic oxidation sites excluding steroid dienone is 2. The number of aliphatic hydroxyl groups excluding tert-OH is 1. The van der Waals surface area contributed by atoms with Gasteiger partial charge in [0.1, 0.15) is 18.1 Å². The van der Waals surface area contributed by atoms with E-state index in [9.17, 15) is 24.3 Å². The number of hydrogen-bond donors (Lipinski definition) is 4. The first-order valence-electron chi connectivity index (χ1n) is 11.6. The quantitative estimate of drug-likeness (QED) is 0.430. The molecule has 34 heavy (non-hydrogen) atoms. The lowest BCUT2D eigenvalue weighted by molar-refractivity contribution is -0.144. The van der Waals surface area contributed by atoms with Gasteiger partial charge in [0.15, 0.2) is 0 Å². The lowest BCUT2D eigenvalue weighted by atomic mass is 10.0. The number of nitrogens with zero attached hydrogens (tertiary/aromatic N) is 2. The normalized spacial score (nSPS) is 21.9. The molecule has 0 saturated carbocycles. The number of hydrogen-bond acceptors (Lipinski definition) is 5. The van der Waals surface area contributed by atoms with E-state index in [1.807, 2.05) is 43.3 Å². The standard InChI is InChI=1S/C24H33N5O5/c1-3-17(14-16-8-5-4-6-9-16)26-21(31)18-10-7-12-28(18)23(33)20(15(2)30)27-22(32)19-11-13-29(19)24(25)34/h3-6,8-9,15,18-20,30H,7,10-14H2,1-2H3,(H2,25,34)(H,26,31)(H,27,32)/b17-3+/t15-,18?,19?,20?/m1/s1. The molecule has 2 aliphatic heterocycles. The SMILES string of the molecule is C/C=C(\Cc1ccccc1)NC(=O)C1CCCN1C(=O)C(NC(=O)C1CCN1C(N)=O)[C@@H](C)O. The topological polar surface area (TPSA) is 145 Å². The Morgan fingerprint density at radius 2 is 1.76 bits per heavy atom. The van der Waals surface area contributed by atoms with Crippen LogP contribution in [0.5, 0.6) is 0 Å². The largest absolute Gasteiger partial charge is 0.391 e. The minimum Gasteiger partial charge on any atom is -0.391 e. The van der Waals surface area contributed by atoms with Crippen molar-refractivity contribution >= 4 is 23.8 Å². The molecule has 3 rings (SSSR count). The number of amides is 5. The van der Waals surface area contributed by atoms with Gasteiger partial charge in [-0.1, -0.05) is 36.4 Å². The zero-order valence-electron chi connectivity index (χ0n) is 19.6. The molecule has 184 valence electrons. The van der Waals surface area contributed by atoms with Crippen molar-refractivity contribution in [1.82, 2.24) is 20.4 Å². The van der Waals surface area contributed by atoms with Gasteiger partial charge in [-0.2, -0.15) is 0 Å². The van der Waals surface area contributed by atoms with E-state index in [0.717, 1.165) is 11.3 Å². The highest BCUT2D eigenvalue weighted by Crippen LogP contribution is 2.21. The van der Waals surface area contributed by atoms with Gasteiger partial charge in [-0.15, -0.1) is 0 Å². The first kappa shape index (κ1) is 25.2. The maximum Gasteiger partial charge on any atom is 0.315 e. The van der Waals surface area contributed by atoms with E-state index in [4.69, 9.17) is 5.73 Å². The third kappa shape index (κ3) is 5.74. The van der Waals surface area contributed by atoms with E-state index in [-0.39, 0.29) is 5.91 Å². The zero-order valence-corrected chi connectivity index (χ0v) is 19.6. The summed E-state index contributed by atoms with van der Waals surface area (Å²) >= 11 is 0. The number of nitrogens with two attached hydrogens (primary N) is 1. The van der Waals surface area contributed by atoms with E-state index in [1.54, 1.807) is 0 Å². The van der Waals surface area contributed by atoms with Crippen molar-refractivity contribution in [1.29, 1.82) is 0 Å². The summed E-state index contributed by atoms with van der Waals surface area (Å²) in [5.74, 6) is -1.39. The van der Waals surface area contributed by atoms with E-state index >= 15 is 0 Å². The predicted molar refractivity (Wildman–Crippen MR) is 125 cm³/mol. The van der Waals surface area contributed by atoms with Crippen LogP contribution in [0.15, 0.2) is 42.1 Å². The van der Waals surface area contributed by atoms with E-state index in [0.29, 0.717) is 38.8 Å². The molecule has 2 saturated heterocycles. The van der Waals surface area contributed by atoms with Gasteiger partial charge in [0, 0.05) is 25.2 Å². The van der Waals surface area contributed by atoms with Crippen molar-refractivity contribution in [3.8, 4) is 0 Å². The first-order chi connectivity index (χ1) is 16.2. The number of benzene rings is 1. The summed E-state index contributed by atoms with van der Waals surface area (Å²) in [5.41, 5.74) is 7.04. The van der Waals surface area contributed by atoms with Crippen LogP contribution in [0.25, 0.3) is 0 Å². The van der Waals surface area contributed by atoms with Crippen molar-refractivity contribution in [3.63, 3.8) is 0 Å². The van der Waals surface area contributed by atoms with Crippen LogP contribution in [0.4, 0.5) is 4.79 Å². The van der Waals surface area contributed by atoms with Crippen molar-refractivity contribution < 1.29 is 24.3 Å². The van der Waals surface area contributed by atoms with Crippen LogP contribution < -0.4 is 16.4 Å². The smallest absolute Gasteiger partial charge is 0.315 e. The Kier molecular flexibility index (Phi) is 8.27. The van der Waals surface area contributed by atoms with Crippen LogP contribution in [-0.4, -0.2) is 76.0 Å². The molecule has 5 N–H and O–H groups in total. The number of rotatable bonds is 8. The van der Waals surface area contributed by atoms with Crippen molar-refractivity contribution in [2.45, 2.75) is 63.8 Å². The number of carbonyl (C=O) groups is 4. The number of primary amides is 1. The fourth-order valence-corrected chi connectivity index (χ4v) is 4.32. The zero-order chi connectivity index (χ0) is 24.8. The second-order valence-corrected chi connectivity index (χ2v) is 8.72. The van der Waals surface area contributed by atoms with E-state index in [1.165, 1.54) is 16.7 Å². The molecule has 2 fully saturated rings. The molecule has 10 nitrogen and oxygen atoms in total. The van der Waals surface area contributed by atoms with Gasteiger partial charge in [0.25, 0.3) is 0 Å². The highest BCUT2D eigenvalue weighted by Gasteiger charge is 2.42. The fraction of sp³-hybridized carbons (Fsp3) is 0.500. The molecule has 2 aliphatic rings. The molecule has 0 radical (unpaired) electrons. The van der Waals surface area contributed by atoms with Crippen LogP contribution in [0, 0.1) is 0 Å². The lowest BCUT2D eigenvalue weighted by Gasteiger charge is -2.39. The molecule has 0 aromatic heterocycles. The van der Waals surface area contributed by atoms with Gasteiger partial charge in [0.2, 0.25) is 17.7 Å². The Labute approximate surface area is 199 Å². The Bertz CT molecular complexity index is 948. The third-order valence-electron chi connectivity index (χ3n) is 6.36. The number of likely N-dealkylation sites (tertiary alicyclic amines) is 2. The molecule has 5 amide bonds. The summed E-state index contributed by atoms with van der Waals surface area (Å²) in [4.78, 5) is 53.0. The van der Waals surface area contributed by atoms with Crippen molar-refractivity contribution in [3.05, 3.63) is 47.7 Å². The summed E-state index contributed by atoms with van der Waals surface area (Å²) < 4.78 is 0. The molecule has 1 aromatic carbocycles. The fourth-order valence-electron chi connectivity index (χ4n) is 4.32. The van der Waals surface area contributed by atoms with Crippen LogP contribution in [0.3, 0.4) is 0 Å². The van der Waals surface area contributed by atoms with E-state index < -0.39 is 42.1 Å². The lowest BCUT2D eigenvalue weighted by Crippen LogP contribution is -2.64. The van der Waals surface area contributed by atoms with Gasteiger partial charge in [-0.3, -0.25) is 14.4 Å². The van der Waals surface area contributed by atoms with Crippen molar-refractivity contribution in [2.24, 2.45) is 5.73 Å². The summed E-state index contributed by atoms with van der Waals surface area (Å²) in [6.45, 7) is 3.95. The third-order valence-corrected chi connectivity index (χ3v) is 6.36. The minimum absolute atomic E-state index is 0.301. The average Bonchev–Trinajstić information content (AvgIpc) is 3.26. The second kappa shape index (κ2) is 11.1. The maximum atomic E-state index is 13.3. The van der Waals surface area contributed by atoms with Gasteiger partial charge < -0.3 is 31.3 Å². The molecule has 1 aromatic rings. The maximum absolute atomic E-state index is 13.3. The summed E-state index contributed by atoms with van der Waals surface area (Å²) in [7, 11) is 0. The predicted octanol–water partition coefficient (Wildman–Crippen LogP) is 0.259. The second-order valence-electron chi connectivity index (χ2n) is 8.72. The molecule has 0 spiro atoms. The van der Waals surface area contributed by atoms with Gasteiger partial charge in [0.05, 0.1) is 6.10 Å². The van der Waals surface area contributed by atoms with Gasteiger partial charge in [-0.05, 0) is 38.7 Å². The molecule has 0 aliphatic carbocycles. The van der Waals surface area contributed by atoms with Crippen LogP contribution in [0.2, 0.25) is 0 Å². The Morgan fingerprint density at radius 1 is 1.09 bits per heavy atom. The van der Waals surface area contributed by atoms with Gasteiger partial charge in [-0.25, -0.2) is 4.79 Å². The summed E-state index contributed by atoms with van der Waals surface area (Å²) in [5, 5.41) is 15.7. The highest BCUT2D eigenvalue weighted by molar-refractivity contribution is 5.95. The Morgan fingerprint density at radius 3 is 2.32 bits per heavy atom. The number of aliphatic hydroxyl groups is 1. The Balaban J connectivity index is 1.65. The summed E-state index contributed by atoms with van der Waals surface area (Å²) in [6, 6.07) is 6.31. The number of nitrogens with one attached hydrogen (secondary N) is 2. The highest BCUT2D eigenvalue weighted by atomic mass is 16.3. The molecule has 4 atom stereocenters. The average molecular weight is 472 g/mol. The Hall–Kier alpha value is -3.40. The molecule has 2 heterocycles. The minimum atomic E-state index is -1.23. The van der Waals surface area contributed by atoms with Crippen LogP contribution in [0.1, 0.15) is 38.7 Å². The monoisotopic (exact) mass is 471 g/mol. The summed E-state index contributed by atoms with van der Waals surface area (Å²) in [6.07, 6.45) is 2.73. The molecule has 0 bridgehead atoms. The molecule has 3 unspecified atom stereocenters.